The van der Waals surface area contributed by atoms with Gasteiger partial charge in [0.1, 0.15) is 0 Å². The van der Waals surface area contributed by atoms with Crippen LogP contribution in [0.25, 0.3) is 0 Å². The molecule has 0 aromatic carbocycles. The molecule has 104 valence electrons. The Labute approximate surface area is 118 Å². The lowest BCUT2D eigenvalue weighted by molar-refractivity contribution is -0.0372. The van der Waals surface area contributed by atoms with Gasteiger partial charge in [0, 0.05) is 12.2 Å². The average Bonchev–Trinajstić information content (AvgIpc) is 2.38. The summed E-state index contributed by atoms with van der Waals surface area (Å²) in [6, 6.07) is 3.77. The fraction of sp³-hybridized carbons (Fsp3) is 0.571. The van der Waals surface area contributed by atoms with Crippen LogP contribution in [0.15, 0.2) is 12.1 Å². The van der Waals surface area contributed by atoms with Gasteiger partial charge in [0.25, 0.3) is 5.91 Å². The molecule has 4 nitrogen and oxygen atoms in total. The molecule has 0 saturated carbocycles. The van der Waals surface area contributed by atoms with Gasteiger partial charge in [0.05, 0.1) is 35.9 Å². The molecule has 19 heavy (non-hydrogen) atoms. The molecular weight excluding hydrogens is 264 g/mol. The number of morpholine rings is 1. The Morgan fingerprint density at radius 2 is 2.26 bits per heavy atom. The van der Waals surface area contributed by atoms with E-state index in [1.54, 1.807) is 0 Å². The first-order valence-corrected chi connectivity index (χ1v) is 6.99. The highest BCUT2D eigenvalue weighted by atomic mass is 35.5. The molecule has 2 unspecified atom stereocenters. The van der Waals surface area contributed by atoms with Crippen molar-refractivity contribution in [3.8, 4) is 0 Å². The van der Waals surface area contributed by atoms with Crippen molar-refractivity contribution in [2.75, 3.05) is 19.0 Å². The third-order valence-corrected chi connectivity index (χ3v) is 3.74. The number of aromatic nitrogens is 1. The van der Waals surface area contributed by atoms with Crippen LogP contribution in [-0.4, -0.2) is 47.0 Å². The van der Waals surface area contributed by atoms with Crippen molar-refractivity contribution in [1.82, 2.24) is 9.88 Å². The van der Waals surface area contributed by atoms with E-state index < -0.39 is 0 Å². The topological polar surface area (TPSA) is 42.4 Å². The highest BCUT2D eigenvalue weighted by Crippen LogP contribution is 2.18. The van der Waals surface area contributed by atoms with Crippen LogP contribution >= 0.6 is 11.6 Å². The number of carbonyl (C=O) groups is 1. The zero-order valence-corrected chi connectivity index (χ0v) is 12.3. The Balaban J connectivity index is 2.22. The number of nitrogens with zero attached hydrogens (tertiary/aromatic N) is 2. The quantitative estimate of drug-likeness (QED) is 0.781. The van der Waals surface area contributed by atoms with Gasteiger partial charge < -0.3 is 9.64 Å². The van der Waals surface area contributed by atoms with Gasteiger partial charge in [0.15, 0.2) is 0 Å². The number of alkyl halides is 1. The van der Waals surface area contributed by atoms with Crippen molar-refractivity contribution < 1.29 is 9.53 Å². The molecule has 1 aliphatic rings. The Morgan fingerprint density at radius 3 is 2.89 bits per heavy atom. The summed E-state index contributed by atoms with van der Waals surface area (Å²) < 4.78 is 5.56. The highest BCUT2D eigenvalue weighted by molar-refractivity contribution is 6.18. The second-order valence-electron chi connectivity index (χ2n) is 5.00. The molecule has 2 heterocycles. The first-order chi connectivity index (χ1) is 9.02. The monoisotopic (exact) mass is 282 g/mol. The SMILES string of the molecule is Cc1ccc(C(=O)N2CC(CCl)OCC2C)c(C)n1. The van der Waals surface area contributed by atoms with E-state index in [0.717, 1.165) is 11.4 Å². The van der Waals surface area contributed by atoms with Crippen LogP contribution in [0.4, 0.5) is 0 Å². The van der Waals surface area contributed by atoms with Crippen molar-refractivity contribution in [3.05, 3.63) is 29.1 Å². The molecular formula is C14H19ClN2O2. The fourth-order valence-electron chi connectivity index (χ4n) is 2.26. The number of hydrogen-bond donors (Lipinski definition) is 0. The van der Waals surface area contributed by atoms with Crippen molar-refractivity contribution in [2.45, 2.75) is 32.9 Å². The summed E-state index contributed by atoms with van der Waals surface area (Å²) in [5.41, 5.74) is 2.35. The summed E-state index contributed by atoms with van der Waals surface area (Å²) in [5, 5.41) is 0. The molecule has 0 spiro atoms. The molecule has 2 rings (SSSR count). The molecule has 1 aromatic heterocycles. The standard InChI is InChI=1S/C14H19ClN2O2/c1-9-4-5-13(11(3)16-9)14(18)17-7-12(6-15)19-8-10(17)2/h4-5,10,12H,6-8H2,1-3H3. The highest BCUT2D eigenvalue weighted by Gasteiger charge is 2.30. The van der Waals surface area contributed by atoms with Crippen LogP contribution in [0.5, 0.6) is 0 Å². The van der Waals surface area contributed by atoms with Gasteiger partial charge in [-0.1, -0.05) is 0 Å². The molecule has 0 aliphatic carbocycles. The van der Waals surface area contributed by atoms with Gasteiger partial charge >= 0.3 is 0 Å². The van der Waals surface area contributed by atoms with E-state index in [-0.39, 0.29) is 18.1 Å². The van der Waals surface area contributed by atoms with E-state index in [1.165, 1.54) is 0 Å². The molecule has 1 aromatic rings. The second kappa shape index (κ2) is 5.88. The van der Waals surface area contributed by atoms with Gasteiger partial charge in [-0.15, -0.1) is 11.6 Å². The first kappa shape index (κ1) is 14.3. The third kappa shape index (κ3) is 3.07. The van der Waals surface area contributed by atoms with E-state index in [0.29, 0.717) is 24.6 Å². The van der Waals surface area contributed by atoms with Crippen molar-refractivity contribution in [3.63, 3.8) is 0 Å². The second-order valence-corrected chi connectivity index (χ2v) is 5.31. The predicted octanol–water partition coefficient (Wildman–Crippen LogP) is 2.17. The van der Waals surface area contributed by atoms with E-state index in [1.807, 2.05) is 37.8 Å². The first-order valence-electron chi connectivity index (χ1n) is 6.45. The Kier molecular flexibility index (Phi) is 4.42. The number of rotatable bonds is 2. The maximum absolute atomic E-state index is 12.6. The molecule has 1 aliphatic heterocycles. The summed E-state index contributed by atoms with van der Waals surface area (Å²) in [5.74, 6) is 0.415. The largest absolute Gasteiger partial charge is 0.373 e. The maximum Gasteiger partial charge on any atom is 0.256 e. The minimum absolute atomic E-state index is 0.0101. The number of aryl methyl sites for hydroxylation is 2. The lowest BCUT2D eigenvalue weighted by Gasteiger charge is -2.37. The van der Waals surface area contributed by atoms with E-state index >= 15 is 0 Å². The summed E-state index contributed by atoms with van der Waals surface area (Å²) in [4.78, 5) is 18.8. The third-order valence-electron chi connectivity index (χ3n) is 3.39. The van der Waals surface area contributed by atoms with Crippen LogP contribution in [0.1, 0.15) is 28.7 Å². The number of hydrogen-bond acceptors (Lipinski definition) is 3. The van der Waals surface area contributed by atoms with Gasteiger partial charge in [-0.05, 0) is 32.9 Å². The van der Waals surface area contributed by atoms with Crippen LogP contribution < -0.4 is 0 Å². The van der Waals surface area contributed by atoms with Crippen molar-refractivity contribution in [2.24, 2.45) is 0 Å². The van der Waals surface area contributed by atoms with E-state index in [9.17, 15) is 4.79 Å². The van der Waals surface area contributed by atoms with E-state index in [2.05, 4.69) is 4.98 Å². The smallest absolute Gasteiger partial charge is 0.256 e. The predicted molar refractivity (Wildman–Crippen MR) is 74.7 cm³/mol. The summed E-state index contributed by atoms with van der Waals surface area (Å²) >= 11 is 5.82. The number of pyridine rings is 1. The number of ether oxygens (including phenoxy) is 1. The van der Waals surface area contributed by atoms with Crippen LogP contribution in [0, 0.1) is 13.8 Å². The average molecular weight is 283 g/mol. The van der Waals surface area contributed by atoms with Crippen molar-refractivity contribution in [1.29, 1.82) is 0 Å². The summed E-state index contributed by atoms with van der Waals surface area (Å²) in [6.45, 7) is 6.84. The van der Waals surface area contributed by atoms with Gasteiger partial charge in [0.2, 0.25) is 0 Å². The lowest BCUT2D eigenvalue weighted by Crippen LogP contribution is -2.51. The van der Waals surface area contributed by atoms with Crippen LogP contribution in [0.3, 0.4) is 0 Å². The van der Waals surface area contributed by atoms with Crippen molar-refractivity contribution >= 4 is 17.5 Å². The molecule has 0 bridgehead atoms. The van der Waals surface area contributed by atoms with Gasteiger partial charge in [-0.25, -0.2) is 0 Å². The maximum atomic E-state index is 12.6. The van der Waals surface area contributed by atoms with Crippen LogP contribution in [-0.2, 0) is 4.74 Å². The number of halogens is 1. The fourth-order valence-corrected chi connectivity index (χ4v) is 2.45. The summed E-state index contributed by atoms with van der Waals surface area (Å²) in [7, 11) is 0. The minimum atomic E-state index is -0.0828. The normalized spacial score (nSPS) is 23.5. The molecule has 0 radical (unpaired) electrons. The zero-order chi connectivity index (χ0) is 14.0. The molecule has 2 atom stereocenters. The molecule has 1 amide bonds. The zero-order valence-electron chi connectivity index (χ0n) is 11.5. The number of carbonyl (C=O) groups excluding carboxylic acids is 1. The van der Waals surface area contributed by atoms with Gasteiger partial charge in [-0.2, -0.15) is 0 Å². The molecule has 1 fully saturated rings. The molecule has 1 saturated heterocycles. The Morgan fingerprint density at radius 1 is 1.53 bits per heavy atom. The van der Waals surface area contributed by atoms with E-state index in [4.69, 9.17) is 16.3 Å². The molecule has 5 heteroatoms. The number of amides is 1. The molecule has 0 N–H and O–H groups in total. The Bertz CT molecular complexity index is 479. The minimum Gasteiger partial charge on any atom is -0.373 e. The Hall–Kier alpha value is -1.13. The van der Waals surface area contributed by atoms with Gasteiger partial charge in [-0.3, -0.25) is 9.78 Å². The lowest BCUT2D eigenvalue weighted by atomic mass is 10.1. The summed E-state index contributed by atoms with van der Waals surface area (Å²) in [6.07, 6.45) is -0.0828. The van der Waals surface area contributed by atoms with Crippen LogP contribution in [0.2, 0.25) is 0 Å².